The minimum Gasteiger partial charge on any atom is -0.508 e. The number of aromatic hydroxyl groups is 1. The lowest BCUT2D eigenvalue weighted by molar-refractivity contribution is -0.122. The molecule has 0 radical (unpaired) electrons. The maximum Gasteiger partial charge on any atom is 0.237 e. The minimum absolute atomic E-state index is 0.129. The van der Waals surface area contributed by atoms with Crippen molar-refractivity contribution in [2.24, 2.45) is 5.73 Å². The smallest absolute Gasteiger partial charge is 0.237 e. The quantitative estimate of drug-likeness (QED) is 0.339. The highest BCUT2D eigenvalue weighted by atomic mass is 16.3. The number of nitrogens with one attached hydrogen (secondary N) is 2. The van der Waals surface area contributed by atoms with Gasteiger partial charge in [0.2, 0.25) is 11.9 Å². The van der Waals surface area contributed by atoms with Crippen molar-refractivity contribution in [2.75, 3.05) is 36.4 Å². The van der Waals surface area contributed by atoms with Crippen LogP contribution in [0.25, 0.3) is 0 Å². The molecule has 0 spiro atoms. The number of nitrogens with zero attached hydrogens (tertiary/aromatic N) is 4. The fraction of sp³-hybridized carbons (Fsp3) is 0.656. The number of aromatic nitrogens is 2. The Morgan fingerprint density at radius 2 is 1.68 bits per heavy atom. The number of piperidine rings is 1. The van der Waals surface area contributed by atoms with Crippen molar-refractivity contribution >= 4 is 17.7 Å². The van der Waals surface area contributed by atoms with E-state index in [1.165, 1.54) is 57.8 Å². The molecule has 9 heteroatoms. The summed E-state index contributed by atoms with van der Waals surface area (Å²) in [5.74, 6) is 1.82. The first kappa shape index (κ1) is 29.6. The molecule has 1 amide bonds. The summed E-state index contributed by atoms with van der Waals surface area (Å²) in [6, 6.07) is 9.44. The highest BCUT2D eigenvalue weighted by Crippen LogP contribution is 2.31. The number of benzene rings is 1. The molecule has 2 aliphatic heterocycles. The van der Waals surface area contributed by atoms with Gasteiger partial charge in [-0.25, -0.2) is 4.98 Å². The molecule has 2 aromatic rings. The molecule has 3 atom stereocenters. The number of phenolic OH excluding ortho intramolecular Hbond substituents is 1. The van der Waals surface area contributed by atoms with Gasteiger partial charge in [-0.05, 0) is 81.7 Å². The van der Waals surface area contributed by atoms with Gasteiger partial charge in [0.25, 0.3) is 0 Å². The van der Waals surface area contributed by atoms with Gasteiger partial charge in [-0.15, -0.1) is 0 Å². The SMILES string of the molecule is N[C@@H](Cc1ccc(O)cc1)C(=O)NCCC1C(Nc2nccc(N3CCCCCC3)n2)CCCN1C1CCCCC1. The van der Waals surface area contributed by atoms with Crippen LogP contribution < -0.4 is 21.3 Å². The van der Waals surface area contributed by atoms with Crippen LogP contribution >= 0.6 is 0 Å². The maximum absolute atomic E-state index is 12.9. The lowest BCUT2D eigenvalue weighted by Gasteiger charge is -2.47. The molecule has 9 nitrogen and oxygen atoms in total. The normalized spacial score (nSPS) is 23.5. The lowest BCUT2D eigenvalue weighted by Crippen LogP contribution is -2.56. The zero-order valence-electron chi connectivity index (χ0n) is 24.5. The van der Waals surface area contributed by atoms with Crippen LogP contribution in [0.2, 0.25) is 0 Å². The van der Waals surface area contributed by atoms with Gasteiger partial charge < -0.3 is 26.4 Å². The third-order valence-electron chi connectivity index (χ3n) is 9.22. The molecule has 1 saturated carbocycles. The predicted molar refractivity (Wildman–Crippen MR) is 164 cm³/mol. The minimum atomic E-state index is -0.621. The van der Waals surface area contributed by atoms with Crippen molar-refractivity contribution in [1.29, 1.82) is 0 Å². The molecule has 3 heterocycles. The average Bonchev–Trinajstić information content (AvgIpc) is 3.29. The third-order valence-corrected chi connectivity index (χ3v) is 9.22. The van der Waals surface area contributed by atoms with Crippen LogP contribution in [0.15, 0.2) is 36.5 Å². The number of hydrogen-bond donors (Lipinski definition) is 4. The maximum atomic E-state index is 12.9. The second kappa shape index (κ2) is 14.8. The number of carbonyl (C=O) groups is 1. The predicted octanol–water partition coefficient (Wildman–Crippen LogP) is 4.22. The molecule has 1 aromatic heterocycles. The largest absolute Gasteiger partial charge is 0.508 e. The van der Waals surface area contributed by atoms with Crippen molar-refractivity contribution < 1.29 is 9.90 Å². The molecule has 224 valence electrons. The van der Waals surface area contributed by atoms with Crippen LogP contribution in [0.5, 0.6) is 5.75 Å². The van der Waals surface area contributed by atoms with Crippen molar-refractivity contribution in [3.8, 4) is 5.75 Å². The van der Waals surface area contributed by atoms with E-state index in [0.717, 1.165) is 50.3 Å². The number of amides is 1. The van der Waals surface area contributed by atoms with Gasteiger partial charge in [0.1, 0.15) is 11.6 Å². The summed E-state index contributed by atoms with van der Waals surface area (Å²) in [6.07, 6.45) is 16.9. The van der Waals surface area contributed by atoms with Gasteiger partial charge in [0.05, 0.1) is 6.04 Å². The fourth-order valence-corrected chi connectivity index (χ4v) is 7.00. The monoisotopic (exact) mass is 563 g/mol. The molecule has 1 aliphatic carbocycles. The first-order valence-corrected chi connectivity index (χ1v) is 16.0. The second-order valence-electron chi connectivity index (χ2n) is 12.2. The first-order chi connectivity index (χ1) is 20.1. The van der Waals surface area contributed by atoms with Crippen molar-refractivity contribution in [3.05, 3.63) is 42.1 Å². The second-order valence-corrected chi connectivity index (χ2v) is 12.2. The number of nitrogens with two attached hydrogens (primary N) is 1. The molecule has 3 aliphatic rings. The molecule has 5 rings (SSSR count). The molecule has 0 bridgehead atoms. The summed E-state index contributed by atoms with van der Waals surface area (Å²) in [5.41, 5.74) is 7.19. The molecular formula is C32H49N7O2. The zero-order valence-corrected chi connectivity index (χ0v) is 24.5. The number of likely N-dealkylation sites (tertiary alicyclic amines) is 1. The van der Waals surface area contributed by atoms with E-state index in [4.69, 9.17) is 10.7 Å². The Labute approximate surface area is 245 Å². The van der Waals surface area contributed by atoms with Crippen LogP contribution in [0.3, 0.4) is 0 Å². The van der Waals surface area contributed by atoms with Gasteiger partial charge in [-0.3, -0.25) is 9.69 Å². The average molecular weight is 564 g/mol. The molecule has 3 fully saturated rings. The molecule has 41 heavy (non-hydrogen) atoms. The number of anilines is 2. The topological polar surface area (TPSA) is 120 Å². The van der Waals surface area contributed by atoms with E-state index in [1.54, 1.807) is 12.1 Å². The highest BCUT2D eigenvalue weighted by molar-refractivity contribution is 5.81. The van der Waals surface area contributed by atoms with Crippen LogP contribution in [-0.4, -0.2) is 76.2 Å². The van der Waals surface area contributed by atoms with E-state index in [0.29, 0.717) is 31.0 Å². The van der Waals surface area contributed by atoms with Gasteiger partial charge in [0, 0.05) is 44.0 Å². The summed E-state index contributed by atoms with van der Waals surface area (Å²) in [4.78, 5) is 27.6. The van der Waals surface area contributed by atoms with Crippen LogP contribution in [0.1, 0.15) is 82.6 Å². The van der Waals surface area contributed by atoms with E-state index in [2.05, 4.69) is 25.4 Å². The Morgan fingerprint density at radius 3 is 2.44 bits per heavy atom. The summed E-state index contributed by atoms with van der Waals surface area (Å²) < 4.78 is 0. The van der Waals surface area contributed by atoms with Crippen molar-refractivity contribution in [1.82, 2.24) is 20.2 Å². The third kappa shape index (κ3) is 8.32. The van der Waals surface area contributed by atoms with Gasteiger partial charge in [-0.1, -0.05) is 44.2 Å². The van der Waals surface area contributed by atoms with Crippen LogP contribution in [0, 0.1) is 0 Å². The summed E-state index contributed by atoms with van der Waals surface area (Å²) in [5, 5.41) is 16.4. The molecule has 2 unspecified atom stereocenters. The molecule has 5 N–H and O–H groups in total. The summed E-state index contributed by atoms with van der Waals surface area (Å²) >= 11 is 0. The van der Waals surface area contributed by atoms with Crippen LogP contribution in [-0.2, 0) is 11.2 Å². The van der Waals surface area contributed by atoms with Gasteiger partial charge in [-0.2, -0.15) is 4.98 Å². The Kier molecular flexibility index (Phi) is 10.7. The number of hydrogen-bond acceptors (Lipinski definition) is 8. The molecule has 1 aromatic carbocycles. The summed E-state index contributed by atoms with van der Waals surface area (Å²) in [6.45, 7) is 3.82. The van der Waals surface area contributed by atoms with Crippen molar-refractivity contribution in [2.45, 2.75) is 108 Å². The summed E-state index contributed by atoms with van der Waals surface area (Å²) in [7, 11) is 0. The van der Waals surface area contributed by atoms with Gasteiger partial charge >= 0.3 is 0 Å². The van der Waals surface area contributed by atoms with Crippen molar-refractivity contribution in [3.63, 3.8) is 0 Å². The molecular weight excluding hydrogens is 514 g/mol. The number of carbonyl (C=O) groups excluding carboxylic acids is 1. The Balaban J connectivity index is 1.23. The van der Waals surface area contributed by atoms with Gasteiger partial charge in [0.15, 0.2) is 0 Å². The standard InChI is InChI=1S/C32H49N7O2/c33-27(23-24-12-14-26(40)15-13-24)31(41)34-18-16-29-28(11-8-22-39(29)25-9-4-3-5-10-25)36-32-35-19-17-30(37-32)38-20-6-1-2-7-21-38/h12-15,17,19,25,27-29,40H,1-11,16,18,20-23,33H2,(H,34,41)(H,35,36,37)/t27-,28?,29?/m0/s1. The van der Waals surface area contributed by atoms with E-state index in [9.17, 15) is 9.90 Å². The lowest BCUT2D eigenvalue weighted by atomic mass is 9.87. The van der Waals surface area contributed by atoms with Crippen LogP contribution in [0.4, 0.5) is 11.8 Å². The van der Waals surface area contributed by atoms with E-state index >= 15 is 0 Å². The zero-order chi connectivity index (χ0) is 28.4. The first-order valence-electron chi connectivity index (χ1n) is 16.0. The fourth-order valence-electron chi connectivity index (χ4n) is 7.00. The van der Waals surface area contributed by atoms with E-state index in [1.807, 2.05) is 24.4 Å². The number of rotatable bonds is 10. The Bertz CT molecular complexity index is 1080. The Morgan fingerprint density at radius 1 is 0.951 bits per heavy atom. The Hall–Kier alpha value is -2.91. The highest BCUT2D eigenvalue weighted by Gasteiger charge is 2.36. The van der Waals surface area contributed by atoms with E-state index < -0.39 is 6.04 Å². The number of phenols is 1. The molecule has 2 saturated heterocycles. The van der Waals surface area contributed by atoms with E-state index in [-0.39, 0.29) is 17.7 Å².